The van der Waals surface area contributed by atoms with Crippen LogP contribution in [0, 0.1) is 6.92 Å². The van der Waals surface area contributed by atoms with Gasteiger partial charge in [-0.1, -0.05) is 60.1 Å². The minimum atomic E-state index is 0.570. The first-order valence-electron chi connectivity index (χ1n) is 7.66. The van der Waals surface area contributed by atoms with Gasteiger partial charge in [0.05, 0.1) is 10.0 Å². The van der Waals surface area contributed by atoms with E-state index >= 15 is 0 Å². The van der Waals surface area contributed by atoms with Gasteiger partial charge in [0.15, 0.2) is 5.16 Å². The van der Waals surface area contributed by atoms with E-state index in [9.17, 15) is 0 Å². The average molecular weight is 378 g/mol. The molecule has 0 saturated carbocycles. The number of nitrogens with zero attached hydrogens (tertiary/aromatic N) is 3. The number of benzene rings is 2. The molecule has 0 radical (unpaired) electrons. The van der Waals surface area contributed by atoms with E-state index in [1.807, 2.05) is 25.1 Å². The predicted molar refractivity (Wildman–Crippen MR) is 101 cm³/mol. The Labute approximate surface area is 156 Å². The highest BCUT2D eigenvalue weighted by atomic mass is 35.5. The standard InChI is InChI=1S/C18H17Cl2N3S/c1-3-13-4-7-15(8-5-13)23-12(2)21-22-18(23)24-11-14-6-9-16(19)17(20)10-14/h4-10H,3,11H2,1-2H3. The lowest BCUT2D eigenvalue weighted by molar-refractivity contribution is 0.867. The molecule has 0 atom stereocenters. The first kappa shape index (κ1) is 17.3. The van der Waals surface area contributed by atoms with E-state index in [2.05, 4.69) is 46.0 Å². The van der Waals surface area contributed by atoms with Crippen LogP contribution in [0.3, 0.4) is 0 Å². The minimum Gasteiger partial charge on any atom is -0.274 e. The Balaban J connectivity index is 1.82. The van der Waals surface area contributed by atoms with Gasteiger partial charge in [0.1, 0.15) is 5.82 Å². The van der Waals surface area contributed by atoms with Crippen LogP contribution in [-0.2, 0) is 12.2 Å². The summed E-state index contributed by atoms with van der Waals surface area (Å²) in [6.45, 7) is 4.11. The van der Waals surface area contributed by atoms with Crippen molar-refractivity contribution in [3.63, 3.8) is 0 Å². The van der Waals surface area contributed by atoms with Gasteiger partial charge < -0.3 is 0 Å². The number of hydrogen-bond donors (Lipinski definition) is 0. The summed E-state index contributed by atoms with van der Waals surface area (Å²) >= 11 is 13.7. The van der Waals surface area contributed by atoms with Crippen LogP contribution in [0.2, 0.25) is 10.0 Å². The van der Waals surface area contributed by atoms with Crippen molar-refractivity contribution in [3.05, 3.63) is 69.5 Å². The van der Waals surface area contributed by atoms with E-state index in [4.69, 9.17) is 23.2 Å². The van der Waals surface area contributed by atoms with E-state index in [-0.39, 0.29) is 0 Å². The fourth-order valence-corrected chi connectivity index (χ4v) is 3.65. The molecule has 3 nitrogen and oxygen atoms in total. The van der Waals surface area contributed by atoms with Gasteiger partial charge in [-0.25, -0.2) is 0 Å². The fraction of sp³-hybridized carbons (Fsp3) is 0.222. The molecule has 0 aliphatic carbocycles. The molecule has 0 bridgehead atoms. The lowest BCUT2D eigenvalue weighted by Crippen LogP contribution is -1.99. The van der Waals surface area contributed by atoms with Crippen molar-refractivity contribution < 1.29 is 0 Å². The lowest BCUT2D eigenvalue weighted by atomic mass is 10.1. The van der Waals surface area contributed by atoms with Crippen molar-refractivity contribution in [1.29, 1.82) is 0 Å². The number of aromatic nitrogens is 3. The van der Waals surface area contributed by atoms with Gasteiger partial charge in [-0.15, -0.1) is 10.2 Å². The quantitative estimate of drug-likeness (QED) is 0.531. The smallest absolute Gasteiger partial charge is 0.196 e. The van der Waals surface area contributed by atoms with Crippen molar-refractivity contribution >= 4 is 35.0 Å². The topological polar surface area (TPSA) is 30.7 Å². The van der Waals surface area contributed by atoms with Crippen LogP contribution in [0.25, 0.3) is 5.69 Å². The normalized spacial score (nSPS) is 11.0. The van der Waals surface area contributed by atoms with E-state index in [1.54, 1.807) is 11.8 Å². The Morgan fingerprint density at radius 1 is 0.958 bits per heavy atom. The van der Waals surface area contributed by atoms with Crippen LogP contribution in [0.15, 0.2) is 47.6 Å². The lowest BCUT2D eigenvalue weighted by Gasteiger charge is -2.09. The zero-order valence-electron chi connectivity index (χ0n) is 13.5. The van der Waals surface area contributed by atoms with Gasteiger partial charge in [-0.2, -0.15) is 0 Å². The number of aryl methyl sites for hydroxylation is 2. The third-order valence-corrected chi connectivity index (χ3v) is 5.49. The van der Waals surface area contributed by atoms with Crippen LogP contribution >= 0.6 is 35.0 Å². The average Bonchev–Trinajstić information content (AvgIpc) is 2.97. The summed E-state index contributed by atoms with van der Waals surface area (Å²) in [5, 5.41) is 10.5. The molecule has 1 aromatic heterocycles. The Morgan fingerprint density at radius 3 is 2.33 bits per heavy atom. The summed E-state index contributed by atoms with van der Waals surface area (Å²) in [4.78, 5) is 0. The van der Waals surface area contributed by atoms with E-state index < -0.39 is 0 Å². The van der Waals surface area contributed by atoms with Crippen LogP contribution in [-0.4, -0.2) is 14.8 Å². The predicted octanol–water partition coefficient (Wildman–Crippen LogP) is 5.74. The molecule has 124 valence electrons. The molecule has 6 heteroatoms. The number of rotatable bonds is 5. The molecule has 0 aliphatic heterocycles. The van der Waals surface area contributed by atoms with Crippen molar-refractivity contribution in [2.24, 2.45) is 0 Å². The maximum Gasteiger partial charge on any atom is 0.196 e. The molecule has 0 fully saturated rings. The van der Waals surface area contributed by atoms with Gasteiger partial charge in [-0.05, 0) is 48.7 Å². The van der Waals surface area contributed by atoms with E-state index in [0.29, 0.717) is 10.0 Å². The summed E-state index contributed by atoms with van der Waals surface area (Å²) in [7, 11) is 0. The largest absolute Gasteiger partial charge is 0.274 e. The van der Waals surface area contributed by atoms with Gasteiger partial charge >= 0.3 is 0 Å². The molecule has 3 rings (SSSR count). The molecular weight excluding hydrogens is 361 g/mol. The Hall–Kier alpha value is -1.49. The second kappa shape index (κ2) is 7.60. The molecule has 24 heavy (non-hydrogen) atoms. The van der Waals surface area contributed by atoms with Crippen molar-refractivity contribution in [2.75, 3.05) is 0 Å². The number of thioether (sulfide) groups is 1. The number of hydrogen-bond acceptors (Lipinski definition) is 3. The van der Waals surface area contributed by atoms with Gasteiger partial charge in [0.25, 0.3) is 0 Å². The molecule has 0 saturated heterocycles. The summed E-state index contributed by atoms with van der Waals surface area (Å²) in [6.07, 6.45) is 1.03. The maximum absolute atomic E-state index is 6.08. The van der Waals surface area contributed by atoms with Crippen LogP contribution in [0.5, 0.6) is 0 Å². The Kier molecular flexibility index (Phi) is 5.49. The maximum atomic E-state index is 6.08. The highest BCUT2D eigenvalue weighted by Crippen LogP contribution is 2.28. The van der Waals surface area contributed by atoms with Crippen molar-refractivity contribution in [2.45, 2.75) is 31.2 Å². The summed E-state index contributed by atoms with van der Waals surface area (Å²) in [5.74, 6) is 1.62. The molecule has 2 aromatic carbocycles. The Bertz CT molecular complexity index is 844. The summed E-state index contributed by atoms with van der Waals surface area (Å²) in [5.41, 5.74) is 3.49. The second-order valence-corrected chi connectivity index (χ2v) is 7.18. The minimum absolute atomic E-state index is 0.570. The first-order chi connectivity index (χ1) is 11.6. The number of halogens is 2. The van der Waals surface area contributed by atoms with Gasteiger partial charge in [0, 0.05) is 11.4 Å². The molecule has 0 spiro atoms. The molecule has 0 amide bonds. The fourth-order valence-electron chi connectivity index (χ4n) is 2.39. The van der Waals surface area contributed by atoms with E-state index in [0.717, 1.165) is 34.4 Å². The van der Waals surface area contributed by atoms with Gasteiger partial charge in [0.2, 0.25) is 0 Å². The van der Waals surface area contributed by atoms with Crippen LogP contribution in [0.1, 0.15) is 23.9 Å². The third-order valence-electron chi connectivity index (χ3n) is 3.75. The van der Waals surface area contributed by atoms with Crippen molar-refractivity contribution in [3.8, 4) is 5.69 Å². The monoisotopic (exact) mass is 377 g/mol. The SMILES string of the molecule is CCc1ccc(-n2c(C)nnc2SCc2ccc(Cl)c(Cl)c2)cc1. The first-order valence-corrected chi connectivity index (χ1v) is 9.40. The molecule has 0 aliphatic rings. The molecule has 3 aromatic rings. The summed E-state index contributed by atoms with van der Waals surface area (Å²) < 4.78 is 2.07. The molecular formula is C18H17Cl2N3S. The van der Waals surface area contributed by atoms with Gasteiger partial charge in [-0.3, -0.25) is 4.57 Å². The zero-order chi connectivity index (χ0) is 17.1. The zero-order valence-corrected chi connectivity index (χ0v) is 15.8. The van der Waals surface area contributed by atoms with Crippen LogP contribution in [0.4, 0.5) is 0 Å². The highest BCUT2D eigenvalue weighted by molar-refractivity contribution is 7.98. The summed E-state index contributed by atoms with van der Waals surface area (Å²) in [6, 6.07) is 14.2. The van der Waals surface area contributed by atoms with E-state index in [1.165, 1.54) is 5.56 Å². The second-order valence-electron chi connectivity index (χ2n) is 5.42. The highest BCUT2D eigenvalue weighted by Gasteiger charge is 2.12. The van der Waals surface area contributed by atoms with Crippen LogP contribution < -0.4 is 0 Å². The Morgan fingerprint density at radius 2 is 1.67 bits per heavy atom. The molecule has 0 unspecified atom stereocenters. The molecule has 0 N–H and O–H groups in total. The van der Waals surface area contributed by atoms with Crippen molar-refractivity contribution in [1.82, 2.24) is 14.8 Å². The molecule has 1 heterocycles. The third kappa shape index (κ3) is 3.77.